The Bertz CT molecular complexity index is 619. The minimum Gasteiger partial charge on any atom is -0.465 e. The third kappa shape index (κ3) is 2.14. The van der Waals surface area contributed by atoms with E-state index in [1.807, 2.05) is 12.3 Å². The molecule has 6 nitrogen and oxygen atoms in total. The second-order valence-electron chi connectivity index (χ2n) is 4.45. The highest BCUT2D eigenvalue weighted by Crippen LogP contribution is 2.33. The fraction of sp³-hybridized carbons (Fsp3) is 0.333. The number of pyridine rings is 1. The number of amides is 1. The van der Waals surface area contributed by atoms with Crippen molar-refractivity contribution >= 4 is 38.7 Å². The maximum absolute atomic E-state index is 10.9. The summed E-state index contributed by atoms with van der Waals surface area (Å²) in [4.78, 5) is 22.0. The van der Waals surface area contributed by atoms with E-state index in [0.717, 1.165) is 21.2 Å². The topological polar surface area (TPSA) is 72.5 Å². The first kappa shape index (κ1) is 12.3. The molecule has 1 amide bonds. The third-order valence-electron chi connectivity index (χ3n) is 3.38. The zero-order valence-corrected chi connectivity index (χ0v) is 11.7. The Hall–Kier alpha value is -1.76. The van der Waals surface area contributed by atoms with Crippen molar-refractivity contribution < 1.29 is 9.90 Å². The summed E-state index contributed by atoms with van der Waals surface area (Å²) in [5.41, 5.74) is 1.93. The van der Waals surface area contributed by atoms with Crippen LogP contribution in [-0.2, 0) is 0 Å². The second-order valence-corrected chi connectivity index (χ2v) is 5.31. The minimum absolute atomic E-state index is 0.524. The van der Waals surface area contributed by atoms with Crippen LogP contribution in [0.5, 0.6) is 0 Å². The van der Waals surface area contributed by atoms with Gasteiger partial charge in [-0.15, -0.1) is 0 Å². The Morgan fingerprint density at radius 2 is 2.11 bits per heavy atom. The lowest BCUT2D eigenvalue weighted by atomic mass is 10.2. The normalized spacial score (nSPS) is 16.1. The van der Waals surface area contributed by atoms with Crippen LogP contribution in [0.3, 0.4) is 0 Å². The van der Waals surface area contributed by atoms with Crippen molar-refractivity contribution in [2.45, 2.75) is 0 Å². The molecule has 0 radical (unpaired) electrons. The summed E-state index contributed by atoms with van der Waals surface area (Å²) in [5.74, 6) is 0. The van der Waals surface area contributed by atoms with Gasteiger partial charge < -0.3 is 19.9 Å². The monoisotopic (exact) mass is 324 g/mol. The SMILES string of the molecule is O=C(O)N1CCN(c2c(Br)cnc3[nH]ccc23)CC1. The first-order chi connectivity index (χ1) is 9.16. The molecule has 0 atom stereocenters. The fourth-order valence-electron chi connectivity index (χ4n) is 2.41. The van der Waals surface area contributed by atoms with Crippen molar-refractivity contribution in [3.8, 4) is 0 Å². The predicted molar refractivity (Wildman–Crippen MR) is 75.6 cm³/mol. The van der Waals surface area contributed by atoms with Gasteiger partial charge in [0.2, 0.25) is 0 Å². The maximum Gasteiger partial charge on any atom is 0.407 e. The van der Waals surface area contributed by atoms with E-state index in [1.54, 1.807) is 6.20 Å². The van der Waals surface area contributed by atoms with E-state index in [2.05, 4.69) is 30.8 Å². The van der Waals surface area contributed by atoms with Crippen LogP contribution in [-0.4, -0.2) is 52.2 Å². The van der Waals surface area contributed by atoms with Gasteiger partial charge in [0.25, 0.3) is 0 Å². The van der Waals surface area contributed by atoms with Gasteiger partial charge in [0.15, 0.2) is 0 Å². The van der Waals surface area contributed by atoms with Crippen LogP contribution in [0, 0.1) is 0 Å². The summed E-state index contributed by atoms with van der Waals surface area (Å²) in [6.07, 6.45) is 2.79. The molecule has 3 heterocycles. The molecule has 0 aliphatic carbocycles. The Morgan fingerprint density at radius 3 is 2.79 bits per heavy atom. The number of carboxylic acid groups (broad SMARTS) is 1. The van der Waals surface area contributed by atoms with Crippen molar-refractivity contribution in [3.05, 3.63) is 22.9 Å². The number of hydrogen-bond donors (Lipinski definition) is 2. The summed E-state index contributed by atoms with van der Waals surface area (Å²) >= 11 is 3.53. The molecule has 0 aromatic carbocycles. The van der Waals surface area contributed by atoms with Crippen LogP contribution in [0.15, 0.2) is 22.9 Å². The average molecular weight is 325 g/mol. The van der Waals surface area contributed by atoms with Gasteiger partial charge in [-0.2, -0.15) is 0 Å². The molecule has 19 heavy (non-hydrogen) atoms. The van der Waals surface area contributed by atoms with Crippen molar-refractivity contribution in [2.24, 2.45) is 0 Å². The summed E-state index contributed by atoms with van der Waals surface area (Å²) in [5, 5.41) is 10.0. The number of anilines is 1. The standard InChI is InChI=1S/C12H13BrN4O2/c13-9-7-15-11-8(1-2-14-11)10(9)16-3-5-17(6-4-16)12(18)19/h1-2,7H,3-6H2,(H,14,15)(H,18,19). The highest BCUT2D eigenvalue weighted by molar-refractivity contribution is 9.10. The molecule has 0 unspecified atom stereocenters. The van der Waals surface area contributed by atoms with E-state index in [0.29, 0.717) is 26.2 Å². The molecule has 0 spiro atoms. The van der Waals surface area contributed by atoms with Gasteiger partial charge in [-0.3, -0.25) is 0 Å². The van der Waals surface area contributed by atoms with Gasteiger partial charge in [0, 0.05) is 44.0 Å². The molecule has 2 aromatic heterocycles. The Labute approximate surface area is 118 Å². The number of H-pyrrole nitrogens is 1. The van der Waals surface area contributed by atoms with Gasteiger partial charge in [-0.1, -0.05) is 0 Å². The number of piperazine rings is 1. The Balaban J connectivity index is 1.91. The number of halogens is 1. The molecular formula is C12H13BrN4O2. The molecule has 0 bridgehead atoms. The number of hydrogen-bond acceptors (Lipinski definition) is 3. The molecule has 1 fully saturated rings. The lowest BCUT2D eigenvalue weighted by Crippen LogP contribution is -2.48. The summed E-state index contributed by atoms with van der Waals surface area (Å²) in [6.45, 7) is 2.43. The molecule has 3 rings (SSSR count). The Kier molecular flexibility index (Phi) is 3.06. The van der Waals surface area contributed by atoms with Crippen molar-refractivity contribution in [2.75, 3.05) is 31.1 Å². The van der Waals surface area contributed by atoms with E-state index in [9.17, 15) is 4.79 Å². The maximum atomic E-state index is 10.9. The van der Waals surface area contributed by atoms with E-state index < -0.39 is 6.09 Å². The zero-order valence-electron chi connectivity index (χ0n) is 10.1. The van der Waals surface area contributed by atoms with Crippen molar-refractivity contribution in [1.82, 2.24) is 14.9 Å². The van der Waals surface area contributed by atoms with E-state index in [1.165, 1.54) is 4.90 Å². The lowest BCUT2D eigenvalue weighted by molar-refractivity contribution is 0.142. The molecule has 7 heteroatoms. The van der Waals surface area contributed by atoms with Gasteiger partial charge in [0.1, 0.15) is 5.65 Å². The van der Waals surface area contributed by atoms with E-state index >= 15 is 0 Å². The predicted octanol–water partition coefficient (Wildman–Crippen LogP) is 2.13. The quantitative estimate of drug-likeness (QED) is 0.842. The molecule has 100 valence electrons. The van der Waals surface area contributed by atoms with Gasteiger partial charge in [-0.25, -0.2) is 9.78 Å². The number of nitrogens with one attached hydrogen (secondary N) is 1. The van der Waals surface area contributed by atoms with Gasteiger partial charge in [0.05, 0.1) is 10.2 Å². The van der Waals surface area contributed by atoms with Crippen LogP contribution in [0.1, 0.15) is 0 Å². The van der Waals surface area contributed by atoms with Gasteiger partial charge >= 0.3 is 6.09 Å². The largest absolute Gasteiger partial charge is 0.465 e. The zero-order chi connectivity index (χ0) is 13.4. The van der Waals surface area contributed by atoms with Crippen LogP contribution in [0.25, 0.3) is 11.0 Å². The number of aromatic amines is 1. The molecule has 2 N–H and O–H groups in total. The molecule has 0 saturated carbocycles. The number of aromatic nitrogens is 2. The number of rotatable bonds is 1. The fourth-order valence-corrected chi connectivity index (χ4v) is 2.98. The Morgan fingerprint density at radius 1 is 1.37 bits per heavy atom. The van der Waals surface area contributed by atoms with Gasteiger partial charge in [-0.05, 0) is 22.0 Å². The number of nitrogens with zero attached hydrogens (tertiary/aromatic N) is 3. The highest BCUT2D eigenvalue weighted by atomic mass is 79.9. The molecule has 2 aromatic rings. The third-order valence-corrected chi connectivity index (χ3v) is 3.96. The number of fused-ring (bicyclic) bond motifs is 1. The summed E-state index contributed by atoms with van der Waals surface area (Å²) in [7, 11) is 0. The first-order valence-electron chi connectivity index (χ1n) is 6.01. The van der Waals surface area contributed by atoms with Crippen LogP contribution < -0.4 is 4.90 Å². The first-order valence-corrected chi connectivity index (χ1v) is 6.80. The highest BCUT2D eigenvalue weighted by Gasteiger charge is 2.23. The van der Waals surface area contributed by atoms with Crippen molar-refractivity contribution in [3.63, 3.8) is 0 Å². The summed E-state index contributed by atoms with van der Waals surface area (Å²) < 4.78 is 0.934. The lowest BCUT2D eigenvalue weighted by Gasteiger charge is -2.35. The molecule has 1 aliphatic heterocycles. The summed E-state index contributed by atoms with van der Waals surface area (Å²) in [6, 6.07) is 1.99. The van der Waals surface area contributed by atoms with E-state index in [4.69, 9.17) is 5.11 Å². The van der Waals surface area contributed by atoms with Crippen LogP contribution in [0.2, 0.25) is 0 Å². The van der Waals surface area contributed by atoms with Crippen LogP contribution in [0.4, 0.5) is 10.5 Å². The molecule has 1 aliphatic rings. The smallest absolute Gasteiger partial charge is 0.407 e. The minimum atomic E-state index is -0.847. The molecule has 1 saturated heterocycles. The van der Waals surface area contributed by atoms with Crippen LogP contribution >= 0.6 is 15.9 Å². The van der Waals surface area contributed by atoms with Crippen molar-refractivity contribution in [1.29, 1.82) is 0 Å². The average Bonchev–Trinajstić information content (AvgIpc) is 2.87. The molecular weight excluding hydrogens is 312 g/mol. The number of carbonyl (C=O) groups is 1. The second kappa shape index (κ2) is 4.73. The van der Waals surface area contributed by atoms with E-state index in [-0.39, 0.29) is 0 Å².